The standard InChI is InChI=1S/C13H17N3O2/c1-14-8-6-13-12(14)7-9-15(13)10-2-4-11(5-3-10)16(17)18/h2-5,12-13H,6-9H2,1H3. The second-order valence-corrected chi connectivity index (χ2v) is 5.16. The Kier molecular flexibility index (Phi) is 2.70. The maximum absolute atomic E-state index is 10.6. The lowest BCUT2D eigenvalue weighted by molar-refractivity contribution is -0.384. The van der Waals surface area contributed by atoms with E-state index in [4.69, 9.17) is 0 Å². The summed E-state index contributed by atoms with van der Waals surface area (Å²) < 4.78 is 0. The Hall–Kier alpha value is -1.62. The predicted molar refractivity (Wildman–Crippen MR) is 69.9 cm³/mol. The van der Waals surface area contributed by atoms with Crippen molar-refractivity contribution >= 4 is 11.4 Å². The first-order valence-electron chi connectivity index (χ1n) is 6.38. The zero-order valence-corrected chi connectivity index (χ0v) is 10.5. The lowest BCUT2D eigenvalue weighted by atomic mass is 10.1. The Morgan fingerprint density at radius 2 is 1.83 bits per heavy atom. The molecule has 0 radical (unpaired) electrons. The summed E-state index contributed by atoms with van der Waals surface area (Å²) in [6, 6.07) is 8.18. The molecule has 5 heteroatoms. The van der Waals surface area contributed by atoms with Gasteiger partial charge in [0.15, 0.2) is 0 Å². The van der Waals surface area contributed by atoms with Crippen molar-refractivity contribution in [2.75, 3.05) is 25.0 Å². The third kappa shape index (κ3) is 1.75. The van der Waals surface area contributed by atoms with Crippen LogP contribution in [-0.2, 0) is 0 Å². The fraction of sp³-hybridized carbons (Fsp3) is 0.538. The molecule has 0 bridgehead atoms. The van der Waals surface area contributed by atoms with Crippen molar-refractivity contribution in [1.29, 1.82) is 0 Å². The van der Waals surface area contributed by atoms with E-state index in [2.05, 4.69) is 16.8 Å². The first kappa shape index (κ1) is 11.5. The molecule has 3 rings (SSSR count). The molecule has 0 N–H and O–H groups in total. The highest BCUT2D eigenvalue weighted by molar-refractivity contribution is 5.53. The first-order chi connectivity index (χ1) is 8.66. The van der Waals surface area contributed by atoms with Gasteiger partial charge in [-0.3, -0.25) is 10.1 Å². The molecular formula is C13H17N3O2. The summed E-state index contributed by atoms with van der Waals surface area (Å²) >= 11 is 0. The molecule has 96 valence electrons. The molecule has 0 aliphatic carbocycles. The van der Waals surface area contributed by atoms with E-state index in [0.717, 1.165) is 18.8 Å². The quantitative estimate of drug-likeness (QED) is 0.591. The van der Waals surface area contributed by atoms with E-state index in [9.17, 15) is 10.1 Å². The van der Waals surface area contributed by atoms with Crippen LogP contribution in [0.15, 0.2) is 24.3 Å². The van der Waals surface area contributed by atoms with Gasteiger partial charge in [0.1, 0.15) is 0 Å². The van der Waals surface area contributed by atoms with Crippen LogP contribution in [0.3, 0.4) is 0 Å². The predicted octanol–water partition coefficient (Wildman–Crippen LogP) is 1.88. The number of fused-ring (bicyclic) bond motifs is 1. The Balaban J connectivity index is 1.81. The number of hydrogen-bond acceptors (Lipinski definition) is 4. The largest absolute Gasteiger partial charge is 0.367 e. The fourth-order valence-corrected chi connectivity index (χ4v) is 3.29. The molecule has 2 aliphatic rings. The molecular weight excluding hydrogens is 230 g/mol. The molecule has 2 fully saturated rings. The molecule has 18 heavy (non-hydrogen) atoms. The van der Waals surface area contributed by atoms with Gasteiger partial charge >= 0.3 is 0 Å². The molecule has 0 saturated carbocycles. The Labute approximate surface area is 106 Å². The van der Waals surface area contributed by atoms with Crippen molar-refractivity contribution in [3.63, 3.8) is 0 Å². The third-order valence-corrected chi connectivity index (χ3v) is 4.25. The number of nitro benzene ring substituents is 1. The Bertz CT molecular complexity index is 460. The van der Waals surface area contributed by atoms with Crippen LogP contribution >= 0.6 is 0 Å². The smallest absolute Gasteiger partial charge is 0.269 e. The van der Waals surface area contributed by atoms with Gasteiger partial charge in [0.2, 0.25) is 0 Å². The van der Waals surface area contributed by atoms with E-state index in [0.29, 0.717) is 12.1 Å². The minimum atomic E-state index is -0.347. The van der Waals surface area contributed by atoms with Crippen LogP contribution in [0.5, 0.6) is 0 Å². The van der Waals surface area contributed by atoms with Crippen molar-refractivity contribution in [2.45, 2.75) is 24.9 Å². The average molecular weight is 247 g/mol. The van der Waals surface area contributed by atoms with Crippen molar-refractivity contribution in [3.05, 3.63) is 34.4 Å². The molecule has 2 aliphatic heterocycles. The van der Waals surface area contributed by atoms with Gasteiger partial charge in [-0.25, -0.2) is 0 Å². The fourth-order valence-electron chi connectivity index (χ4n) is 3.29. The number of non-ortho nitro benzene ring substituents is 1. The van der Waals surface area contributed by atoms with E-state index in [1.165, 1.54) is 12.8 Å². The Morgan fingerprint density at radius 1 is 1.17 bits per heavy atom. The molecule has 0 amide bonds. The van der Waals surface area contributed by atoms with E-state index in [-0.39, 0.29) is 10.6 Å². The van der Waals surface area contributed by atoms with Crippen LogP contribution < -0.4 is 4.90 Å². The van der Waals surface area contributed by atoms with E-state index < -0.39 is 0 Å². The van der Waals surface area contributed by atoms with Gasteiger partial charge < -0.3 is 9.80 Å². The van der Waals surface area contributed by atoms with Gasteiger partial charge in [-0.05, 0) is 32.0 Å². The normalized spacial score (nSPS) is 27.5. The van der Waals surface area contributed by atoms with Gasteiger partial charge in [0, 0.05) is 43.0 Å². The van der Waals surface area contributed by atoms with Crippen LogP contribution in [0, 0.1) is 10.1 Å². The van der Waals surface area contributed by atoms with Gasteiger partial charge in [-0.2, -0.15) is 0 Å². The second-order valence-electron chi connectivity index (χ2n) is 5.16. The number of nitro groups is 1. The summed E-state index contributed by atoms with van der Waals surface area (Å²) in [6.45, 7) is 2.20. The Morgan fingerprint density at radius 3 is 2.50 bits per heavy atom. The maximum atomic E-state index is 10.6. The SMILES string of the molecule is CN1CCC2C1CCN2c1ccc([N+](=O)[O-])cc1. The molecule has 0 spiro atoms. The number of anilines is 1. The average Bonchev–Trinajstić information content (AvgIpc) is 2.93. The number of benzene rings is 1. The summed E-state index contributed by atoms with van der Waals surface area (Å²) in [5, 5.41) is 10.6. The monoisotopic (exact) mass is 247 g/mol. The summed E-state index contributed by atoms with van der Waals surface area (Å²) in [4.78, 5) is 15.1. The molecule has 2 heterocycles. The molecule has 0 aromatic heterocycles. The van der Waals surface area contributed by atoms with Crippen molar-refractivity contribution in [3.8, 4) is 0 Å². The highest BCUT2D eigenvalue weighted by Crippen LogP contribution is 2.34. The number of hydrogen-bond donors (Lipinski definition) is 0. The van der Waals surface area contributed by atoms with Crippen LogP contribution in [0.4, 0.5) is 11.4 Å². The van der Waals surface area contributed by atoms with Crippen LogP contribution in [0.2, 0.25) is 0 Å². The summed E-state index contributed by atoms with van der Waals surface area (Å²) in [7, 11) is 2.18. The van der Waals surface area contributed by atoms with E-state index in [1.807, 2.05) is 12.1 Å². The molecule has 1 aromatic carbocycles. The van der Waals surface area contributed by atoms with Gasteiger partial charge in [-0.1, -0.05) is 0 Å². The van der Waals surface area contributed by atoms with Gasteiger partial charge in [0.05, 0.1) is 4.92 Å². The van der Waals surface area contributed by atoms with Crippen LogP contribution in [-0.4, -0.2) is 42.0 Å². The van der Waals surface area contributed by atoms with Gasteiger partial charge in [-0.15, -0.1) is 0 Å². The zero-order valence-electron chi connectivity index (χ0n) is 10.5. The van der Waals surface area contributed by atoms with Crippen LogP contribution in [0.1, 0.15) is 12.8 Å². The molecule has 1 aromatic rings. The molecule has 2 atom stereocenters. The minimum absolute atomic E-state index is 0.165. The van der Waals surface area contributed by atoms with E-state index >= 15 is 0 Å². The van der Waals surface area contributed by atoms with E-state index in [1.54, 1.807) is 12.1 Å². The number of rotatable bonds is 2. The second kappa shape index (κ2) is 4.24. The zero-order chi connectivity index (χ0) is 12.7. The van der Waals surface area contributed by atoms with Crippen molar-refractivity contribution in [1.82, 2.24) is 4.90 Å². The lowest BCUT2D eigenvalue weighted by Gasteiger charge is -2.26. The number of likely N-dealkylation sites (N-methyl/N-ethyl adjacent to an activating group) is 1. The van der Waals surface area contributed by atoms with Crippen LogP contribution in [0.25, 0.3) is 0 Å². The summed E-state index contributed by atoms with van der Waals surface area (Å²) in [5.41, 5.74) is 1.28. The first-order valence-corrected chi connectivity index (χ1v) is 6.38. The third-order valence-electron chi connectivity index (χ3n) is 4.25. The summed E-state index contributed by atoms with van der Waals surface area (Å²) in [5.74, 6) is 0. The summed E-state index contributed by atoms with van der Waals surface area (Å²) in [6.07, 6.45) is 2.39. The molecule has 2 unspecified atom stereocenters. The maximum Gasteiger partial charge on any atom is 0.269 e. The van der Waals surface area contributed by atoms with Gasteiger partial charge in [0.25, 0.3) is 5.69 Å². The highest BCUT2D eigenvalue weighted by atomic mass is 16.6. The highest BCUT2D eigenvalue weighted by Gasteiger charge is 2.40. The number of nitrogens with zero attached hydrogens (tertiary/aromatic N) is 3. The topological polar surface area (TPSA) is 49.6 Å². The molecule has 5 nitrogen and oxygen atoms in total. The van der Waals surface area contributed by atoms with Crippen molar-refractivity contribution < 1.29 is 4.92 Å². The number of likely N-dealkylation sites (tertiary alicyclic amines) is 1. The van der Waals surface area contributed by atoms with Crippen molar-refractivity contribution in [2.24, 2.45) is 0 Å². The molecule has 2 saturated heterocycles. The minimum Gasteiger partial charge on any atom is -0.367 e. The lowest BCUT2D eigenvalue weighted by Crippen LogP contribution is -2.34.